The summed E-state index contributed by atoms with van der Waals surface area (Å²) in [6.45, 7) is 9.29. The van der Waals surface area contributed by atoms with Crippen molar-refractivity contribution in [2.24, 2.45) is 11.7 Å². The third-order valence-corrected chi connectivity index (χ3v) is 3.26. The van der Waals surface area contributed by atoms with Gasteiger partial charge in [0.2, 0.25) is 0 Å². The van der Waals surface area contributed by atoms with E-state index in [1.54, 1.807) is 0 Å². The van der Waals surface area contributed by atoms with Crippen molar-refractivity contribution in [2.75, 3.05) is 26.8 Å². The largest absolute Gasteiger partial charge is 0.379 e. The standard InChI is InChI=1S/C12H26N2O/c1-10(2)7-11(3)14(4)8-12(13)5-6-15-9-12/h10-11H,5-9,13H2,1-4H3. The molecule has 0 aromatic heterocycles. The van der Waals surface area contributed by atoms with Gasteiger partial charge in [0.1, 0.15) is 0 Å². The summed E-state index contributed by atoms with van der Waals surface area (Å²) < 4.78 is 5.37. The van der Waals surface area contributed by atoms with E-state index in [9.17, 15) is 0 Å². The third kappa shape index (κ3) is 4.09. The highest BCUT2D eigenvalue weighted by Gasteiger charge is 2.32. The lowest BCUT2D eigenvalue weighted by molar-refractivity contribution is 0.142. The van der Waals surface area contributed by atoms with E-state index in [1.807, 2.05) is 0 Å². The molecule has 0 spiro atoms. The summed E-state index contributed by atoms with van der Waals surface area (Å²) in [6, 6.07) is 0.603. The predicted octanol–water partition coefficient (Wildman–Crippen LogP) is 1.47. The van der Waals surface area contributed by atoms with E-state index in [0.29, 0.717) is 12.6 Å². The molecule has 2 N–H and O–H groups in total. The van der Waals surface area contributed by atoms with E-state index in [4.69, 9.17) is 10.5 Å². The van der Waals surface area contributed by atoms with Crippen molar-refractivity contribution in [3.63, 3.8) is 0 Å². The van der Waals surface area contributed by atoms with Gasteiger partial charge in [-0.05, 0) is 32.7 Å². The first-order valence-corrected chi connectivity index (χ1v) is 6.00. The SMILES string of the molecule is CC(C)CC(C)N(C)CC1(N)CCOC1. The zero-order chi connectivity index (χ0) is 11.5. The number of likely N-dealkylation sites (N-methyl/N-ethyl adjacent to an activating group) is 1. The number of rotatable bonds is 5. The molecule has 1 fully saturated rings. The van der Waals surface area contributed by atoms with E-state index >= 15 is 0 Å². The Morgan fingerprint density at radius 3 is 2.53 bits per heavy atom. The minimum absolute atomic E-state index is 0.111. The molecule has 15 heavy (non-hydrogen) atoms. The highest BCUT2D eigenvalue weighted by atomic mass is 16.5. The van der Waals surface area contributed by atoms with Crippen molar-refractivity contribution in [2.45, 2.75) is 45.2 Å². The van der Waals surface area contributed by atoms with Crippen molar-refractivity contribution >= 4 is 0 Å². The Kier molecular flexibility index (Phi) is 4.56. The Balaban J connectivity index is 2.36. The second-order valence-corrected chi connectivity index (χ2v) is 5.56. The van der Waals surface area contributed by atoms with Crippen molar-refractivity contribution < 1.29 is 4.74 Å². The minimum atomic E-state index is -0.111. The molecule has 90 valence electrons. The Labute approximate surface area is 94.0 Å². The van der Waals surface area contributed by atoms with Gasteiger partial charge in [0.25, 0.3) is 0 Å². The van der Waals surface area contributed by atoms with E-state index in [1.165, 1.54) is 6.42 Å². The second kappa shape index (κ2) is 5.28. The summed E-state index contributed by atoms with van der Waals surface area (Å²) >= 11 is 0. The number of nitrogens with two attached hydrogens (primary N) is 1. The van der Waals surface area contributed by atoms with Gasteiger partial charge in [0.15, 0.2) is 0 Å². The van der Waals surface area contributed by atoms with Crippen LogP contribution in [0.4, 0.5) is 0 Å². The summed E-state index contributed by atoms with van der Waals surface area (Å²) in [4.78, 5) is 2.37. The number of nitrogens with zero attached hydrogens (tertiary/aromatic N) is 1. The summed E-state index contributed by atoms with van der Waals surface area (Å²) in [5.41, 5.74) is 6.15. The molecular formula is C12H26N2O. The Morgan fingerprint density at radius 2 is 2.07 bits per heavy atom. The van der Waals surface area contributed by atoms with Gasteiger partial charge in [0, 0.05) is 19.2 Å². The van der Waals surface area contributed by atoms with E-state index in [0.717, 1.165) is 25.5 Å². The van der Waals surface area contributed by atoms with E-state index in [-0.39, 0.29) is 5.54 Å². The maximum Gasteiger partial charge on any atom is 0.0659 e. The first kappa shape index (κ1) is 12.9. The van der Waals surface area contributed by atoms with Gasteiger partial charge in [-0.3, -0.25) is 0 Å². The monoisotopic (exact) mass is 214 g/mol. The summed E-state index contributed by atoms with van der Waals surface area (Å²) in [7, 11) is 2.17. The molecule has 0 aromatic rings. The normalized spacial score (nSPS) is 29.0. The fourth-order valence-electron chi connectivity index (χ4n) is 2.26. The lowest BCUT2D eigenvalue weighted by Crippen LogP contribution is -2.51. The van der Waals surface area contributed by atoms with Crippen LogP contribution in [-0.2, 0) is 4.74 Å². The average molecular weight is 214 g/mol. The van der Waals surface area contributed by atoms with Crippen molar-refractivity contribution in [1.82, 2.24) is 4.90 Å². The molecule has 1 rings (SSSR count). The average Bonchev–Trinajstić information content (AvgIpc) is 2.50. The molecule has 0 bridgehead atoms. The first-order valence-electron chi connectivity index (χ1n) is 6.00. The van der Waals surface area contributed by atoms with Crippen LogP contribution in [0.15, 0.2) is 0 Å². The summed E-state index contributed by atoms with van der Waals surface area (Å²) in [5, 5.41) is 0. The van der Waals surface area contributed by atoms with Crippen molar-refractivity contribution in [1.29, 1.82) is 0 Å². The zero-order valence-electron chi connectivity index (χ0n) is 10.6. The molecule has 0 amide bonds. The van der Waals surface area contributed by atoms with Gasteiger partial charge in [-0.2, -0.15) is 0 Å². The Bertz CT molecular complexity index is 188. The topological polar surface area (TPSA) is 38.5 Å². The highest BCUT2D eigenvalue weighted by Crippen LogP contribution is 2.19. The van der Waals surface area contributed by atoms with Crippen LogP contribution in [0.1, 0.15) is 33.6 Å². The maximum absolute atomic E-state index is 6.26. The number of hydrogen-bond acceptors (Lipinski definition) is 3. The third-order valence-electron chi connectivity index (χ3n) is 3.26. The van der Waals surface area contributed by atoms with Gasteiger partial charge >= 0.3 is 0 Å². The van der Waals surface area contributed by atoms with Crippen LogP contribution in [0.5, 0.6) is 0 Å². The van der Waals surface area contributed by atoms with Gasteiger partial charge in [-0.15, -0.1) is 0 Å². The molecule has 0 aromatic carbocycles. The maximum atomic E-state index is 6.26. The number of hydrogen-bond donors (Lipinski definition) is 1. The molecule has 0 saturated carbocycles. The minimum Gasteiger partial charge on any atom is -0.379 e. The highest BCUT2D eigenvalue weighted by molar-refractivity contribution is 4.91. The zero-order valence-corrected chi connectivity index (χ0v) is 10.6. The Hall–Kier alpha value is -0.120. The quantitative estimate of drug-likeness (QED) is 0.753. The van der Waals surface area contributed by atoms with Gasteiger partial charge in [-0.1, -0.05) is 13.8 Å². The lowest BCUT2D eigenvalue weighted by atomic mass is 9.97. The van der Waals surface area contributed by atoms with Crippen LogP contribution in [0.3, 0.4) is 0 Å². The summed E-state index contributed by atoms with van der Waals surface area (Å²) in [5.74, 6) is 0.746. The smallest absolute Gasteiger partial charge is 0.0659 e. The second-order valence-electron chi connectivity index (χ2n) is 5.56. The first-order chi connectivity index (χ1) is 6.93. The van der Waals surface area contributed by atoms with Crippen molar-refractivity contribution in [3.05, 3.63) is 0 Å². The van der Waals surface area contributed by atoms with Crippen LogP contribution in [0, 0.1) is 5.92 Å². The number of ether oxygens (including phenoxy) is 1. The van der Waals surface area contributed by atoms with Gasteiger partial charge < -0.3 is 15.4 Å². The molecule has 0 aliphatic carbocycles. The van der Waals surface area contributed by atoms with Crippen molar-refractivity contribution in [3.8, 4) is 0 Å². The fraction of sp³-hybridized carbons (Fsp3) is 1.00. The molecule has 1 aliphatic rings. The molecule has 1 saturated heterocycles. The van der Waals surface area contributed by atoms with Crippen LogP contribution in [0.25, 0.3) is 0 Å². The molecule has 2 unspecified atom stereocenters. The van der Waals surface area contributed by atoms with Crippen LogP contribution in [0.2, 0.25) is 0 Å². The molecule has 3 heteroatoms. The lowest BCUT2D eigenvalue weighted by Gasteiger charge is -2.33. The van der Waals surface area contributed by atoms with Crippen LogP contribution >= 0.6 is 0 Å². The summed E-state index contributed by atoms with van der Waals surface area (Å²) in [6.07, 6.45) is 2.22. The van der Waals surface area contributed by atoms with Gasteiger partial charge in [-0.25, -0.2) is 0 Å². The Morgan fingerprint density at radius 1 is 1.40 bits per heavy atom. The predicted molar refractivity (Wildman–Crippen MR) is 63.9 cm³/mol. The van der Waals surface area contributed by atoms with Gasteiger partial charge in [0.05, 0.1) is 12.1 Å². The van der Waals surface area contributed by atoms with E-state index < -0.39 is 0 Å². The molecular weight excluding hydrogens is 188 g/mol. The van der Waals surface area contributed by atoms with Crippen LogP contribution in [-0.4, -0.2) is 43.3 Å². The molecule has 1 heterocycles. The molecule has 3 nitrogen and oxygen atoms in total. The van der Waals surface area contributed by atoms with Crippen LogP contribution < -0.4 is 5.73 Å². The molecule has 2 atom stereocenters. The fourth-order valence-corrected chi connectivity index (χ4v) is 2.26. The molecule has 1 aliphatic heterocycles. The molecule has 0 radical (unpaired) electrons. The van der Waals surface area contributed by atoms with E-state index in [2.05, 4.69) is 32.7 Å².